The fourth-order valence-corrected chi connectivity index (χ4v) is 2.33. The maximum Gasteiger partial charge on any atom is 0.311 e. The number of rotatable bonds is 5. The van der Waals surface area contributed by atoms with E-state index < -0.39 is 17.1 Å². The lowest BCUT2D eigenvalue weighted by Gasteiger charge is -2.33. The van der Waals surface area contributed by atoms with E-state index >= 15 is 0 Å². The highest BCUT2D eigenvalue weighted by Crippen LogP contribution is 2.36. The quantitative estimate of drug-likeness (QED) is 0.625. The molecule has 1 saturated carbocycles. The second kappa shape index (κ2) is 5.54. The van der Waals surface area contributed by atoms with E-state index in [1.54, 1.807) is 6.07 Å². The van der Waals surface area contributed by atoms with Crippen LogP contribution in [0.25, 0.3) is 0 Å². The topological polar surface area (TPSA) is 98.6 Å². The van der Waals surface area contributed by atoms with Gasteiger partial charge in [0.1, 0.15) is 0 Å². The van der Waals surface area contributed by atoms with Crippen molar-refractivity contribution in [1.82, 2.24) is 0 Å². The third-order valence-electron chi connectivity index (χ3n) is 3.79. The number of hydrogen-bond donors (Lipinski definition) is 2. The van der Waals surface area contributed by atoms with Crippen molar-refractivity contribution >= 4 is 5.69 Å². The second-order valence-corrected chi connectivity index (χ2v) is 4.90. The average Bonchev–Trinajstić information content (AvgIpc) is 2.34. The fourth-order valence-electron chi connectivity index (χ4n) is 2.33. The van der Waals surface area contributed by atoms with Crippen molar-refractivity contribution in [2.24, 2.45) is 11.7 Å². The van der Waals surface area contributed by atoms with Crippen molar-refractivity contribution < 1.29 is 14.8 Å². The minimum Gasteiger partial charge on any atom is -0.490 e. The number of benzene rings is 1. The number of nitrogens with two attached hydrogens (primary N) is 1. The van der Waals surface area contributed by atoms with Crippen molar-refractivity contribution in [1.29, 1.82) is 0 Å². The SMILES string of the molecule is COc1ccc([C@H](N)[C@H](O)C2CCC2)cc1[N+](=O)[O-]. The summed E-state index contributed by atoms with van der Waals surface area (Å²) in [5.74, 6) is 0.398. The Kier molecular flexibility index (Phi) is 4.01. The van der Waals surface area contributed by atoms with Crippen LogP contribution in [0.1, 0.15) is 30.9 Å². The van der Waals surface area contributed by atoms with E-state index in [0.29, 0.717) is 5.56 Å². The van der Waals surface area contributed by atoms with Gasteiger partial charge in [-0.3, -0.25) is 10.1 Å². The van der Waals surface area contributed by atoms with E-state index in [0.717, 1.165) is 19.3 Å². The van der Waals surface area contributed by atoms with Gasteiger partial charge in [-0.15, -0.1) is 0 Å². The molecule has 3 N–H and O–H groups in total. The highest BCUT2D eigenvalue weighted by atomic mass is 16.6. The number of methoxy groups -OCH3 is 1. The zero-order valence-electron chi connectivity index (χ0n) is 10.8. The molecule has 0 saturated heterocycles. The van der Waals surface area contributed by atoms with Crippen LogP contribution in [-0.2, 0) is 0 Å². The lowest BCUT2D eigenvalue weighted by Crippen LogP contribution is -2.36. The molecule has 19 heavy (non-hydrogen) atoms. The molecule has 1 aromatic rings. The Balaban J connectivity index is 2.24. The van der Waals surface area contributed by atoms with E-state index in [4.69, 9.17) is 10.5 Å². The van der Waals surface area contributed by atoms with E-state index in [1.807, 2.05) is 0 Å². The Morgan fingerprint density at radius 2 is 2.21 bits per heavy atom. The fraction of sp³-hybridized carbons (Fsp3) is 0.538. The van der Waals surface area contributed by atoms with Gasteiger partial charge in [-0.25, -0.2) is 0 Å². The zero-order chi connectivity index (χ0) is 14.0. The molecule has 0 aromatic heterocycles. The molecule has 2 atom stereocenters. The minimum atomic E-state index is -0.651. The molecule has 0 bridgehead atoms. The normalized spacial score (nSPS) is 18.5. The number of ether oxygens (including phenoxy) is 1. The van der Waals surface area contributed by atoms with Crippen molar-refractivity contribution in [2.45, 2.75) is 31.4 Å². The predicted octanol–water partition coefficient (Wildman–Crippen LogP) is 1.76. The maximum absolute atomic E-state index is 10.9. The van der Waals surface area contributed by atoms with Crippen LogP contribution in [0.4, 0.5) is 5.69 Å². The van der Waals surface area contributed by atoms with Gasteiger partial charge in [-0.1, -0.05) is 12.5 Å². The monoisotopic (exact) mass is 266 g/mol. The summed E-state index contributed by atoms with van der Waals surface area (Å²) in [5.41, 5.74) is 6.43. The first kappa shape index (κ1) is 13.8. The van der Waals surface area contributed by atoms with Gasteiger partial charge in [-0.05, 0) is 30.4 Å². The highest BCUT2D eigenvalue weighted by Gasteiger charge is 2.31. The first-order chi connectivity index (χ1) is 9.04. The molecule has 0 amide bonds. The van der Waals surface area contributed by atoms with Crippen LogP contribution < -0.4 is 10.5 Å². The van der Waals surface area contributed by atoms with Crippen molar-refractivity contribution in [2.75, 3.05) is 7.11 Å². The van der Waals surface area contributed by atoms with Gasteiger partial charge in [-0.2, -0.15) is 0 Å². The van der Waals surface area contributed by atoms with Crippen LogP contribution >= 0.6 is 0 Å². The van der Waals surface area contributed by atoms with Crippen LogP contribution in [-0.4, -0.2) is 23.2 Å². The van der Waals surface area contributed by atoms with Gasteiger partial charge < -0.3 is 15.6 Å². The Morgan fingerprint density at radius 1 is 1.53 bits per heavy atom. The van der Waals surface area contributed by atoms with E-state index in [9.17, 15) is 15.2 Å². The van der Waals surface area contributed by atoms with Gasteiger partial charge in [0.15, 0.2) is 5.75 Å². The predicted molar refractivity (Wildman–Crippen MR) is 69.9 cm³/mol. The zero-order valence-corrected chi connectivity index (χ0v) is 10.8. The lowest BCUT2D eigenvalue weighted by molar-refractivity contribution is -0.385. The van der Waals surface area contributed by atoms with E-state index in [-0.39, 0.29) is 17.4 Å². The van der Waals surface area contributed by atoms with E-state index in [2.05, 4.69) is 0 Å². The first-order valence-electron chi connectivity index (χ1n) is 6.30. The second-order valence-electron chi connectivity index (χ2n) is 4.90. The Morgan fingerprint density at radius 3 is 2.68 bits per heavy atom. The summed E-state index contributed by atoms with van der Waals surface area (Å²) in [6, 6.07) is 3.96. The van der Waals surface area contributed by atoms with Crippen LogP contribution in [0.5, 0.6) is 5.75 Å². The van der Waals surface area contributed by atoms with Gasteiger partial charge in [0.2, 0.25) is 0 Å². The largest absolute Gasteiger partial charge is 0.490 e. The van der Waals surface area contributed by atoms with Gasteiger partial charge in [0.05, 0.1) is 24.2 Å². The number of nitrogens with zero attached hydrogens (tertiary/aromatic N) is 1. The molecule has 6 heteroatoms. The minimum absolute atomic E-state index is 0.128. The Hall–Kier alpha value is -1.66. The van der Waals surface area contributed by atoms with Crippen molar-refractivity contribution in [3.8, 4) is 5.75 Å². The maximum atomic E-state index is 10.9. The number of nitro groups is 1. The summed E-state index contributed by atoms with van der Waals surface area (Å²) >= 11 is 0. The highest BCUT2D eigenvalue weighted by molar-refractivity contribution is 5.49. The summed E-state index contributed by atoms with van der Waals surface area (Å²) < 4.78 is 4.94. The van der Waals surface area contributed by atoms with Crippen LogP contribution in [0, 0.1) is 16.0 Å². The third kappa shape index (κ3) is 2.69. The van der Waals surface area contributed by atoms with Crippen molar-refractivity contribution in [3.05, 3.63) is 33.9 Å². The number of hydrogen-bond acceptors (Lipinski definition) is 5. The summed E-state index contributed by atoms with van der Waals surface area (Å²) in [4.78, 5) is 10.4. The third-order valence-corrected chi connectivity index (χ3v) is 3.79. The molecule has 104 valence electrons. The van der Waals surface area contributed by atoms with Crippen LogP contribution in [0.15, 0.2) is 18.2 Å². The standard InChI is InChI=1S/C13H18N2O4/c1-19-11-6-5-9(7-10(11)15(17)18)12(14)13(16)8-3-2-4-8/h5-8,12-13,16H,2-4,14H2,1H3/t12-,13+/m0/s1. The van der Waals surface area contributed by atoms with Crippen molar-refractivity contribution in [3.63, 3.8) is 0 Å². The molecule has 0 heterocycles. The number of aliphatic hydroxyl groups excluding tert-OH is 1. The Bertz CT molecular complexity index is 474. The lowest BCUT2D eigenvalue weighted by atomic mass is 9.77. The van der Waals surface area contributed by atoms with Gasteiger partial charge in [0.25, 0.3) is 0 Å². The summed E-state index contributed by atoms with van der Waals surface area (Å²) in [7, 11) is 1.38. The molecule has 1 fully saturated rings. The molecule has 2 rings (SSSR count). The first-order valence-corrected chi connectivity index (χ1v) is 6.30. The molecular weight excluding hydrogens is 248 g/mol. The average molecular weight is 266 g/mol. The smallest absolute Gasteiger partial charge is 0.311 e. The molecule has 1 aliphatic rings. The summed E-state index contributed by atoms with van der Waals surface area (Å²) in [5, 5.41) is 21.1. The molecular formula is C13H18N2O4. The van der Waals surface area contributed by atoms with Crippen LogP contribution in [0.2, 0.25) is 0 Å². The summed E-state index contributed by atoms with van der Waals surface area (Å²) in [6.45, 7) is 0. The van der Waals surface area contributed by atoms with Crippen LogP contribution in [0.3, 0.4) is 0 Å². The molecule has 0 unspecified atom stereocenters. The Labute approximate surface area is 111 Å². The number of aliphatic hydroxyl groups is 1. The molecule has 0 radical (unpaired) electrons. The van der Waals surface area contributed by atoms with E-state index in [1.165, 1.54) is 19.2 Å². The summed E-state index contributed by atoms with van der Waals surface area (Å²) in [6.07, 6.45) is 2.39. The molecule has 1 aromatic carbocycles. The molecule has 1 aliphatic carbocycles. The molecule has 6 nitrogen and oxygen atoms in total. The molecule has 0 aliphatic heterocycles. The van der Waals surface area contributed by atoms with Gasteiger partial charge in [0, 0.05) is 6.07 Å². The number of nitro benzene ring substituents is 1. The van der Waals surface area contributed by atoms with Gasteiger partial charge >= 0.3 is 5.69 Å². The molecule has 0 spiro atoms.